The molecule has 0 spiro atoms. The van der Waals surface area contributed by atoms with Crippen molar-refractivity contribution in [3.8, 4) is 11.4 Å². The maximum Gasteiger partial charge on any atom is 0.221 e. The summed E-state index contributed by atoms with van der Waals surface area (Å²) in [5.74, 6) is -0.348. The number of halogens is 1. The zero-order valence-corrected chi connectivity index (χ0v) is 16.7. The average molecular weight is 410 g/mol. The van der Waals surface area contributed by atoms with Gasteiger partial charge in [0.05, 0.1) is 18.0 Å². The van der Waals surface area contributed by atoms with Crippen molar-refractivity contribution >= 4 is 12.2 Å². The van der Waals surface area contributed by atoms with Crippen LogP contribution in [0.5, 0.6) is 0 Å². The number of nitrogens with zero attached hydrogens (tertiary/aromatic N) is 8. The molecule has 1 atom stereocenters. The third-order valence-electron chi connectivity index (χ3n) is 4.77. The van der Waals surface area contributed by atoms with Crippen LogP contribution >= 0.6 is 12.2 Å². The van der Waals surface area contributed by atoms with Crippen LogP contribution in [0.4, 0.5) is 4.39 Å². The second-order valence-corrected chi connectivity index (χ2v) is 7.02. The monoisotopic (exact) mass is 410 g/mol. The molecule has 29 heavy (non-hydrogen) atoms. The first kappa shape index (κ1) is 19.1. The van der Waals surface area contributed by atoms with Gasteiger partial charge in [-0.2, -0.15) is 9.78 Å². The smallest absolute Gasteiger partial charge is 0.221 e. The first-order valence-electron chi connectivity index (χ1n) is 8.97. The lowest BCUT2D eigenvalue weighted by molar-refractivity contribution is 0.193. The van der Waals surface area contributed by atoms with Gasteiger partial charge in [0.15, 0.2) is 0 Å². The van der Waals surface area contributed by atoms with Crippen LogP contribution in [0.3, 0.4) is 0 Å². The summed E-state index contributed by atoms with van der Waals surface area (Å²) in [6, 6.07) is 14.3. The molecule has 0 saturated carbocycles. The molecular formula is C19H19FN8S. The maximum atomic E-state index is 13.5. The summed E-state index contributed by atoms with van der Waals surface area (Å²) in [6.45, 7) is 2.55. The lowest BCUT2D eigenvalue weighted by Gasteiger charge is -2.24. The molecule has 10 heteroatoms. The van der Waals surface area contributed by atoms with Crippen molar-refractivity contribution in [1.29, 1.82) is 0 Å². The van der Waals surface area contributed by atoms with Crippen LogP contribution in [-0.4, -0.2) is 46.5 Å². The number of hydrogen-bond acceptors (Lipinski definition) is 6. The van der Waals surface area contributed by atoms with E-state index in [-0.39, 0.29) is 11.9 Å². The summed E-state index contributed by atoms with van der Waals surface area (Å²) in [7, 11) is 1.99. The standard InChI is InChI=1S/C19H19FN8S/c1-14(15-6-8-17(9-7-15)26-12-21-11-22-26)25(2)13-27-19(29)28(24-23-27)18-5-3-4-16(20)10-18/h3-12,14H,13H2,1-2H3/t14-/m0/s1. The minimum Gasteiger partial charge on any atom is -0.281 e. The van der Waals surface area contributed by atoms with E-state index in [1.54, 1.807) is 27.8 Å². The predicted molar refractivity (Wildman–Crippen MR) is 108 cm³/mol. The molecule has 0 aliphatic rings. The van der Waals surface area contributed by atoms with E-state index < -0.39 is 0 Å². The van der Waals surface area contributed by atoms with Gasteiger partial charge >= 0.3 is 0 Å². The molecular weight excluding hydrogens is 391 g/mol. The first-order valence-corrected chi connectivity index (χ1v) is 9.38. The van der Waals surface area contributed by atoms with E-state index in [9.17, 15) is 4.39 Å². The summed E-state index contributed by atoms with van der Waals surface area (Å²) in [5.41, 5.74) is 2.63. The zero-order chi connectivity index (χ0) is 20.4. The predicted octanol–water partition coefficient (Wildman–Crippen LogP) is 3.17. The molecule has 0 saturated heterocycles. The minimum atomic E-state index is -0.348. The third kappa shape index (κ3) is 3.98. The molecule has 2 aromatic heterocycles. The molecule has 0 N–H and O–H groups in total. The van der Waals surface area contributed by atoms with Crippen molar-refractivity contribution in [1.82, 2.24) is 39.5 Å². The lowest BCUT2D eigenvalue weighted by Crippen LogP contribution is -2.26. The molecule has 2 heterocycles. The maximum absolute atomic E-state index is 13.5. The van der Waals surface area contributed by atoms with Gasteiger partial charge in [0.1, 0.15) is 18.5 Å². The highest BCUT2D eigenvalue weighted by molar-refractivity contribution is 7.71. The molecule has 2 aromatic carbocycles. The third-order valence-corrected chi connectivity index (χ3v) is 5.15. The van der Waals surface area contributed by atoms with E-state index in [1.165, 1.54) is 23.1 Å². The van der Waals surface area contributed by atoms with E-state index in [4.69, 9.17) is 12.2 Å². The largest absolute Gasteiger partial charge is 0.281 e. The fourth-order valence-corrected chi connectivity index (χ4v) is 3.20. The molecule has 0 radical (unpaired) electrons. The Morgan fingerprint density at radius 2 is 1.90 bits per heavy atom. The van der Waals surface area contributed by atoms with Gasteiger partial charge in [-0.05, 0) is 72.5 Å². The molecule has 148 valence electrons. The molecule has 4 aromatic rings. The highest BCUT2D eigenvalue weighted by Gasteiger charge is 2.15. The van der Waals surface area contributed by atoms with Crippen molar-refractivity contribution in [2.75, 3.05) is 7.05 Å². The average Bonchev–Trinajstić information content (AvgIpc) is 3.38. The van der Waals surface area contributed by atoms with E-state index in [2.05, 4.69) is 44.5 Å². The Morgan fingerprint density at radius 1 is 1.10 bits per heavy atom. The Kier molecular flexibility index (Phi) is 5.28. The summed E-state index contributed by atoms with van der Waals surface area (Å²) >= 11 is 5.47. The van der Waals surface area contributed by atoms with Crippen molar-refractivity contribution in [3.63, 3.8) is 0 Å². The number of tetrazole rings is 1. The van der Waals surface area contributed by atoms with Crippen molar-refractivity contribution in [2.24, 2.45) is 0 Å². The summed E-state index contributed by atoms with van der Waals surface area (Å²) < 4.78 is 18.7. The molecule has 0 unspecified atom stereocenters. The molecule has 0 bridgehead atoms. The van der Waals surface area contributed by atoms with Gasteiger partial charge in [0.2, 0.25) is 4.77 Å². The lowest BCUT2D eigenvalue weighted by atomic mass is 10.1. The number of rotatable bonds is 6. The van der Waals surface area contributed by atoms with Gasteiger partial charge in [-0.1, -0.05) is 18.2 Å². The van der Waals surface area contributed by atoms with Crippen LogP contribution in [0.1, 0.15) is 18.5 Å². The fourth-order valence-electron chi connectivity index (χ4n) is 2.97. The Morgan fingerprint density at radius 3 is 2.59 bits per heavy atom. The highest BCUT2D eigenvalue weighted by Crippen LogP contribution is 2.21. The first-order chi connectivity index (χ1) is 14.0. The summed E-state index contributed by atoms with van der Waals surface area (Å²) in [4.78, 5) is 6.07. The normalized spacial score (nSPS) is 12.4. The second-order valence-electron chi connectivity index (χ2n) is 6.66. The van der Waals surface area contributed by atoms with Gasteiger partial charge in [-0.3, -0.25) is 4.90 Å². The molecule has 0 fully saturated rings. The molecule has 8 nitrogen and oxygen atoms in total. The molecule has 0 amide bonds. The van der Waals surface area contributed by atoms with E-state index in [1.807, 2.05) is 19.2 Å². The summed E-state index contributed by atoms with van der Waals surface area (Å²) in [5, 5.41) is 12.3. The van der Waals surface area contributed by atoms with Crippen molar-refractivity contribution in [2.45, 2.75) is 19.6 Å². The zero-order valence-electron chi connectivity index (χ0n) is 15.9. The van der Waals surface area contributed by atoms with Crippen LogP contribution in [0.25, 0.3) is 11.4 Å². The van der Waals surface area contributed by atoms with Gasteiger partial charge in [0, 0.05) is 6.04 Å². The van der Waals surface area contributed by atoms with Gasteiger partial charge in [-0.15, -0.1) is 0 Å². The number of hydrogen-bond donors (Lipinski definition) is 0. The van der Waals surface area contributed by atoms with Crippen LogP contribution < -0.4 is 0 Å². The molecule has 0 aliphatic heterocycles. The summed E-state index contributed by atoms with van der Waals surface area (Å²) in [6.07, 6.45) is 3.17. The number of aromatic nitrogens is 7. The quantitative estimate of drug-likeness (QED) is 0.455. The molecule has 0 aliphatic carbocycles. The number of benzene rings is 2. The van der Waals surface area contributed by atoms with Crippen LogP contribution in [0, 0.1) is 10.6 Å². The topological polar surface area (TPSA) is 69.6 Å². The van der Waals surface area contributed by atoms with Crippen LogP contribution in [0.2, 0.25) is 0 Å². The van der Waals surface area contributed by atoms with E-state index in [0.29, 0.717) is 17.1 Å². The van der Waals surface area contributed by atoms with Crippen molar-refractivity contribution < 1.29 is 4.39 Å². The Hall–Kier alpha value is -3.24. The van der Waals surface area contributed by atoms with Gasteiger partial charge in [0.25, 0.3) is 0 Å². The van der Waals surface area contributed by atoms with E-state index in [0.717, 1.165) is 11.3 Å². The minimum absolute atomic E-state index is 0.112. The fraction of sp³-hybridized carbons (Fsp3) is 0.211. The van der Waals surface area contributed by atoms with E-state index >= 15 is 0 Å². The van der Waals surface area contributed by atoms with Crippen LogP contribution in [-0.2, 0) is 6.67 Å². The Bertz CT molecular complexity index is 1150. The second kappa shape index (κ2) is 8.02. The van der Waals surface area contributed by atoms with Gasteiger partial charge in [-0.25, -0.2) is 18.7 Å². The highest BCUT2D eigenvalue weighted by atomic mass is 32.1. The molecule has 4 rings (SSSR count). The SMILES string of the molecule is C[C@@H](c1ccc(-n2cncn2)cc1)N(C)Cn1nnn(-c2cccc(F)c2)c1=S. The van der Waals surface area contributed by atoms with Gasteiger partial charge < -0.3 is 0 Å². The Labute approximate surface area is 171 Å². The van der Waals surface area contributed by atoms with Crippen LogP contribution in [0.15, 0.2) is 61.2 Å². The van der Waals surface area contributed by atoms with Crippen molar-refractivity contribution in [3.05, 3.63) is 77.3 Å². The Balaban J connectivity index is 1.49.